The van der Waals surface area contributed by atoms with Crippen LogP contribution in [0.4, 0.5) is 0 Å². The molecular formula is C88H115BrIN3. The van der Waals surface area contributed by atoms with Gasteiger partial charge in [-0.25, -0.2) is 0 Å². The number of hydrogen-bond donors (Lipinski definition) is 1. The summed E-state index contributed by atoms with van der Waals surface area (Å²) in [5.41, 5.74) is 14.9. The number of halogens is 2. The Balaban J connectivity index is 0. The predicted octanol–water partition coefficient (Wildman–Crippen LogP) is 29.6. The van der Waals surface area contributed by atoms with Gasteiger partial charge in [-0.1, -0.05) is 397 Å². The highest BCUT2D eigenvalue weighted by molar-refractivity contribution is 14.1. The predicted molar refractivity (Wildman–Crippen MR) is 437 cm³/mol. The van der Waals surface area contributed by atoms with E-state index in [9.17, 15) is 0 Å². The van der Waals surface area contributed by atoms with E-state index in [-0.39, 0.29) is 0 Å². The van der Waals surface area contributed by atoms with Crippen molar-refractivity contribution < 1.29 is 0 Å². The summed E-state index contributed by atoms with van der Waals surface area (Å²) in [6, 6.07) is 105. The van der Waals surface area contributed by atoms with E-state index in [0.29, 0.717) is 0 Å². The molecule has 5 heteroatoms. The molecule has 3 heterocycles. The minimum Gasteiger partial charge on any atom is -0.355 e. The standard InChI is InChI=1S/C21H17N.C20H15N.C14H11N.C7H7Br.C6H5I.10C2H6/c1-3-9-17(10-4-1)16-22-20-14-8-7-13-19(20)15-21(22)18-11-5-2-6-12-18;1-3-9-16(10-4-1)20-15-17-11-7-8-14-19(17)21(20)18-12-5-2-6-13-18;1-2-6-11(7-3-1)14-10-12-8-4-5-9-13(12)15-14;8-6-7-4-2-1-3-5-7;7-6-4-2-1-3-5-6;10*1-2/h1-15H,16H2;1-15H;1-10,15H;1-5H,6H2;1-5H;10*1-2H3. The number of fused-ring (bicyclic) bond motifs is 3. The number of alkyl halides is 1. The molecule has 1 N–H and O–H groups in total. The van der Waals surface area contributed by atoms with E-state index in [0.717, 1.165) is 11.9 Å². The van der Waals surface area contributed by atoms with Crippen LogP contribution in [0.1, 0.15) is 150 Å². The molecule has 13 aromatic rings. The SMILES string of the molecule is BrCc1ccccc1.CC.CC.CC.CC.CC.CC.CC.CC.CC.CC.Ic1ccccc1.c1ccc(-c2cc3ccccc3[nH]2)cc1.c1ccc(-c2cc3ccccc3n2-c2ccccc2)cc1.c1ccc(Cn2c(-c3ccccc3)cc3ccccc32)cc1. The van der Waals surface area contributed by atoms with Crippen LogP contribution in [0.5, 0.6) is 0 Å². The maximum absolute atomic E-state index is 3.41. The average Bonchev–Trinajstić information content (AvgIpc) is 1.69. The second-order valence-electron chi connectivity index (χ2n) is 17.2. The first kappa shape index (κ1) is 87.1. The molecule has 0 bridgehead atoms. The lowest BCUT2D eigenvalue weighted by molar-refractivity contribution is 0.845. The van der Waals surface area contributed by atoms with Gasteiger partial charge in [-0.15, -0.1) is 0 Å². The first-order valence-electron chi connectivity index (χ1n) is 34.4. The Bertz CT molecular complexity index is 3640. The van der Waals surface area contributed by atoms with E-state index >= 15 is 0 Å². The smallest absolute Gasteiger partial charge is 0.0540 e. The van der Waals surface area contributed by atoms with Gasteiger partial charge in [0.05, 0.1) is 11.2 Å². The summed E-state index contributed by atoms with van der Waals surface area (Å²) in [7, 11) is 0. The van der Waals surface area contributed by atoms with Crippen molar-refractivity contribution in [1.82, 2.24) is 14.1 Å². The Hall–Kier alpha value is -7.97. The fourth-order valence-electron chi connectivity index (χ4n) is 8.65. The van der Waals surface area contributed by atoms with Crippen molar-refractivity contribution in [2.45, 2.75) is 150 Å². The van der Waals surface area contributed by atoms with Crippen LogP contribution in [0.2, 0.25) is 0 Å². The molecule has 0 saturated carbocycles. The Morgan fingerprint density at radius 3 is 1.03 bits per heavy atom. The molecule has 0 unspecified atom stereocenters. The number of hydrogen-bond acceptors (Lipinski definition) is 0. The van der Waals surface area contributed by atoms with Crippen molar-refractivity contribution in [1.29, 1.82) is 0 Å². The first-order valence-corrected chi connectivity index (χ1v) is 36.6. The molecule has 0 spiro atoms. The molecule has 0 aliphatic heterocycles. The summed E-state index contributed by atoms with van der Waals surface area (Å²) in [6.07, 6.45) is 0. The molecule has 3 aromatic heterocycles. The molecule has 10 aromatic carbocycles. The number of aromatic nitrogens is 3. The third-order valence-corrected chi connectivity index (χ3v) is 13.6. The molecule has 0 saturated heterocycles. The van der Waals surface area contributed by atoms with E-state index in [1.807, 2.05) is 187 Å². The Morgan fingerprint density at radius 2 is 0.624 bits per heavy atom. The molecule has 0 atom stereocenters. The largest absolute Gasteiger partial charge is 0.355 e. The van der Waals surface area contributed by atoms with Gasteiger partial charge in [0.2, 0.25) is 0 Å². The number of rotatable bonds is 7. The molecule has 0 fully saturated rings. The number of aromatic amines is 1. The number of benzene rings is 10. The Morgan fingerprint density at radius 1 is 0.301 bits per heavy atom. The van der Waals surface area contributed by atoms with Gasteiger partial charge in [0.25, 0.3) is 0 Å². The Kier molecular flexibility index (Phi) is 55.3. The molecule has 496 valence electrons. The maximum Gasteiger partial charge on any atom is 0.0540 e. The molecule has 0 radical (unpaired) electrons. The summed E-state index contributed by atoms with van der Waals surface area (Å²) in [5.74, 6) is 0. The van der Waals surface area contributed by atoms with E-state index < -0.39 is 0 Å². The third kappa shape index (κ3) is 31.0. The van der Waals surface area contributed by atoms with Gasteiger partial charge in [-0.05, 0) is 111 Å². The van der Waals surface area contributed by atoms with Crippen LogP contribution < -0.4 is 0 Å². The van der Waals surface area contributed by atoms with E-state index in [1.165, 1.54) is 86.9 Å². The summed E-state index contributed by atoms with van der Waals surface area (Å²) < 4.78 is 6.02. The Labute approximate surface area is 588 Å². The lowest BCUT2D eigenvalue weighted by atomic mass is 10.1. The maximum atomic E-state index is 3.41. The van der Waals surface area contributed by atoms with Crippen LogP contribution in [0.3, 0.4) is 0 Å². The van der Waals surface area contributed by atoms with Crippen molar-refractivity contribution in [3.05, 3.63) is 318 Å². The highest BCUT2D eigenvalue weighted by Crippen LogP contribution is 2.32. The zero-order chi connectivity index (χ0) is 69.9. The second kappa shape index (κ2) is 59.1. The van der Waals surface area contributed by atoms with Crippen molar-refractivity contribution in [3.8, 4) is 39.5 Å². The summed E-state index contributed by atoms with van der Waals surface area (Å²) in [5, 5.41) is 4.77. The van der Waals surface area contributed by atoms with E-state index in [2.05, 4.69) is 307 Å². The lowest BCUT2D eigenvalue weighted by Crippen LogP contribution is -2.01. The van der Waals surface area contributed by atoms with Crippen LogP contribution in [0.25, 0.3) is 72.2 Å². The van der Waals surface area contributed by atoms with E-state index in [1.54, 1.807) is 0 Å². The van der Waals surface area contributed by atoms with Gasteiger partial charge < -0.3 is 14.1 Å². The molecular weight excluding hydrogens is 1310 g/mol. The molecule has 0 aliphatic rings. The number of H-pyrrole nitrogens is 1. The van der Waals surface area contributed by atoms with Crippen molar-refractivity contribution in [2.75, 3.05) is 0 Å². The molecule has 13 rings (SSSR count). The van der Waals surface area contributed by atoms with Gasteiger partial charge in [0, 0.05) is 59.7 Å². The van der Waals surface area contributed by atoms with Gasteiger partial charge in [-0.3, -0.25) is 0 Å². The van der Waals surface area contributed by atoms with Gasteiger partial charge in [0.15, 0.2) is 0 Å². The highest BCUT2D eigenvalue weighted by atomic mass is 127. The fraction of sp³-hybridized carbons (Fsp3) is 0.250. The zero-order valence-corrected chi connectivity index (χ0v) is 64.2. The van der Waals surface area contributed by atoms with Gasteiger partial charge in [0.1, 0.15) is 0 Å². The van der Waals surface area contributed by atoms with Crippen molar-refractivity contribution in [2.24, 2.45) is 0 Å². The van der Waals surface area contributed by atoms with Crippen LogP contribution >= 0.6 is 38.5 Å². The first-order chi connectivity index (χ1) is 46.1. The number of para-hydroxylation sites is 4. The quantitative estimate of drug-likeness (QED) is 0.122. The summed E-state index contributed by atoms with van der Waals surface area (Å²) >= 11 is 5.64. The minimum absolute atomic E-state index is 0.887. The number of nitrogens with zero attached hydrogens (tertiary/aromatic N) is 2. The highest BCUT2D eigenvalue weighted by Gasteiger charge is 2.13. The third-order valence-electron chi connectivity index (χ3n) is 12.2. The molecule has 0 amide bonds. The topological polar surface area (TPSA) is 25.6 Å². The molecule has 0 aliphatic carbocycles. The van der Waals surface area contributed by atoms with Crippen molar-refractivity contribution >= 4 is 71.2 Å². The molecule has 3 nitrogen and oxygen atoms in total. The van der Waals surface area contributed by atoms with Crippen LogP contribution in [0, 0.1) is 3.57 Å². The van der Waals surface area contributed by atoms with Crippen LogP contribution in [-0.4, -0.2) is 14.1 Å². The second-order valence-corrected chi connectivity index (χ2v) is 19.0. The fourth-order valence-corrected chi connectivity index (χ4v) is 9.44. The van der Waals surface area contributed by atoms with Crippen LogP contribution in [-0.2, 0) is 11.9 Å². The van der Waals surface area contributed by atoms with Crippen molar-refractivity contribution in [3.63, 3.8) is 0 Å². The monoisotopic (exact) mass is 1420 g/mol. The average molecular weight is 1420 g/mol. The van der Waals surface area contributed by atoms with Crippen LogP contribution in [0.15, 0.2) is 303 Å². The van der Waals surface area contributed by atoms with Gasteiger partial charge in [-0.2, -0.15) is 0 Å². The lowest BCUT2D eigenvalue weighted by Gasteiger charge is -2.11. The summed E-state index contributed by atoms with van der Waals surface area (Å²) in [6.45, 7) is 40.9. The zero-order valence-electron chi connectivity index (χ0n) is 60.4. The van der Waals surface area contributed by atoms with Gasteiger partial charge >= 0.3 is 0 Å². The normalized spacial score (nSPS) is 8.84. The minimum atomic E-state index is 0.887. The van der Waals surface area contributed by atoms with E-state index in [4.69, 9.17) is 0 Å². The number of nitrogens with one attached hydrogen (secondary N) is 1. The summed E-state index contributed by atoms with van der Waals surface area (Å²) in [4.78, 5) is 3.41. The molecule has 93 heavy (non-hydrogen) atoms.